The first-order valence-electron chi connectivity index (χ1n) is 6.61. The van der Waals surface area contributed by atoms with Crippen LogP contribution in [0.15, 0.2) is 52.4 Å². The minimum absolute atomic E-state index is 0.294. The normalized spacial score (nSPS) is 11.2. The summed E-state index contributed by atoms with van der Waals surface area (Å²) in [5.41, 5.74) is 7.31. The predicted molar refractivity (Wildman–Crippen MR) is 81.5 cm³/mol. The molecule has 0 aliphatic rings. The minimum Gasteiger partial charge on any atom is -0.360 e. The summed E-state index contributed by atoms with van der Waals surface area (Å²) in [6, 6.07) is 10.5. The van der Waals surface area contributed by atoms with Crippen molar-refractivity contribution in [2.75, 3.05) is 6.54 Å². The second-order valence-electron chi connectivity index (χ2n) is 4.69. The number of hydrogen-bond acceptors (Lipinski definition) is 2. The number of nitrogens with one attached hydrogen (secondary N) is 1. The first kappa shape index (κ1) is 14.1. The van der Waals surface area contributed by atoms with Gasteiger partial charge in [0, 0.05) is 21.5 Å². The lowest BCUT2D eigenvalue weighted by Gasteiger charge is -2.07. The van der Waals surface area contributed by atoms with Gasteiger partial charge in [-0.05, 0) is 36.7 Å². The van der Waals surface area contributed by atoms with Gasteiger partial charge in [0.1, 0.15) is 0 Å². The molecule has 0 atom stereocenters. The van der Waals surface area contributed by atoms with Crippen LogP contribution in [0.1, 0.15) is 5.56 Å². The number of halogens is 2. The molecule has 2 nitrogen and oxygen atoms in total. The minimum atomic E-state index is -0.834. The average Bonchev–Trinajstić information content (AvgIpc) is 2.89. The van der Waals surface area contributed by atoms with E-state index in [1.165, 1.54) is 11.8 Å². The number of aromatic nitrogens is 1. The fourth-order valence-electron chi connectivity index (χ4n) is 2.29. The first-order valence-corrected chi connectivity index (χ1v) is 7.43. The fourth-order valence-corrected chi connectivity index (χ4v) is 3.40. The van der Waals surface area contributed by atoms with Gasteiger partial charge in [0.15, 0.2) is 11.6 Å². The molecule has 0 aliphatic carbocycles. The Morgan fingerprint density at radius 3 is 2.67 bits per heavy atom. The summed E-state index contributed by atoms with van der Waals surface area (Å²) >= 11 is 1.42. The van der Waals surface area contributed by atoms with Crippen LogP contribution in [0.3, 0.4) is 0 Å². The maximum absolute atomic E-state index is 14.0. The van der Waals surface area contributed by atoms with Crippen LogP contribution in [0.25, 0.3) is 10.9 Å². The number of hydrogen-bond donors (Lipinski definition) is 2. The van der Waals surface area contributed by atoms with Gasteiger partial charge in [0.25, 0.3) is 0 Å². The van der Waals surface area contributed by atoms with Crippen molar-refractivity contribution >= 4 is 22.7 Å². The summed E-state index contributed by atoms with van der Waals surface area (Å²) in [6.45, 7) is 0.550. The smallest absolute Gasteiger partial charge is 0.169 e. The SMILES string of the molecule is NCCc1ccccc1Sc1c[nH]c2ccc(F)c(F)c12. The van der Waals surface area contributed by atoms with Gasteiger partial charge in [-0.3, -0.25) is 0 Å². The van der Waals surface area contributed by atoms with Gasteiger partial charge in [0.2, 0.25) is 0 Å². The third-order valence-electron chi connectivity index (χ3n) is 3.31. The zero-order valence-electron chi connectivity index (χ0n) is 11.2. The van der Waals surface area contributed by atoms with Crippen molar-refractivity contribution in [2.24, 2.45) is 5.73 Å². The zero-order chi connectivity index (χ0) is 14.8. The molecule has 0 amide bonds. The topological polar surface area (TPSA) is 41.8 Å². The summed E-state index contributed by atoms with van der Waals surface area (Å²) in [6.07, 6.45) is 2.46. The number of aromatic amines is 1. The van der Waals surface area contributed by atoms with Gasteiger partial charge in [-0.2, -0.15) is 0 Å². The Hall–Kier alpha value is -1.85. The number of rotatable bonds is 4. The highest BCUT2D eigenvalue weighted by Gasteiger charge is 2.14. The standard InChI is InChI=1S/C16H14F2N2S/c17-11-5-6-12-15(16(11)18)14(9-20-12)21-13-4-2-1-3-10(13)7-8-19/h1-6,9,20H,7-8,19H2. The Bertz CT molecular complexity index is 783. The number of nitrogens with two attached hydrogens (primary N) is 1. The lowest BCUT2D eigenvalue weighted by Crippen LogP contribution is -2.03. The molecule has 2 aromatic carbocycles. The maximum Gasteiger partial charge on any atom is 0.169 e. The second-order valence-corrected chi connectivity index (χ2v) is 5.77. The van der Waals surface area contributed by atoms with Crippen molar-refractivity contribution in [3.05, 3.63) is 59.8 Å². The molecule has 0 aliphatic heterocycles. The average molecular weight is 304 g/mol. The second kappa shape index (κ2) is 5.87. The molecule has 108 valence electrons. The summed E-state index contributed by atoms with van der Waals surface area (Å²) < 4.78 is 27.4. The molecule has 3 rings (SSSR count). The van der Waals surface area contributed by atoms with Gasteiger partial charge in [0.05, 0.1) is 5.39 Å². The zero-order valence-corrected chi connectivity index (χ0v) is 12.0. The third kappa shape index (κ3) is 2.66. The number of fused-ring (bicyclic) bond motifs is 1. The van der Waals surface area contributed by atoms with E-state index in [1.54, 1.807) is 12.3 Å². The maximum atomic E-state index is 14.0. The van der Waals surface area contributed by atoms with Crippen LogP contribution in [-0.2, 0) is 6.42 Å². The molecule has 21 heavy (non-hydrogen) atoms. The Labute approximate surface area is 125 Å². The van der Waals surface area contributed by atoms with E-state index in [0.29, 0.717) is 22.3 Å². The Morgan fingerprint density at radius 1 is 1.05 bits per heavy atom. The predicted octanol–water partition coefficient (Wildman–Crippen LogP) is 4.10. The van der Waals surface area contributed by atoms with E-state index < -0.39 is 11.6 Å². The highest BCUT2D eigenvalue weighted by atomic mass is 32.2. The van der Waals surface area contributed by atoms with E-state index in [0.717, 1.165) is 22.9 Å². The van der Waals surface area contributed by atoms with Crippen LogP contribution >= 0.6 is 11.8 Å². The van der Waals surface area contributed by atoms with Gasteiger partial charge in [-0.15, -0.1) is 0 Å². The lowest BCUT2D eigenvalue weighted by atomic mass is 10.1. The van der Waals surface area contributed by atoms with Crippen molar-refractivity contribution in [3.8, 4) is 0 Å². The largest absolute Gasteiger partial charge is 0.360 e. The van der Waals surface area contributed by atoms with Crippen LogP contribution in [0.5, 0.6) is 0 Å². The van der Waals surface area contributed by atoms with Gasteiger partial charge < -0.3 is 10.7 Å². The monoisotopic (exact) mass is 304 g/mol. The number of benzene rings is 2. The fraction of sp³-hybridized carbons (Fsp3) is 0.125. The van der Waals surface area contributed by atoms with E-state index >= 15 is 0 Å². The van der Waals surface area contributed by atoms with E-state index in [9.17, 15) is 8.78 Å². The Kier molecular flexibility index (Phi) is 3.94. The molecule has 1 aromatic heterocycles. The Morgan fingerprint density at radius 2 is 1.86 bits per heavy atom. The number of H-pyrrole nitrogens is 1. The van der Waals surface area contributed by atoms with Crippen LogP contribution in [-0.4, -0.2) is 11.5 Å². The first-order chi connectivity index (χ1) is 10.2. The summed E-state index contributed by atoms with van der Waals surface area (Å²) in [5.74, 6) is -1.65. The van der Waals surface area contributed by atoms with Crippen LogP contribution in [0.4, 0.5) is 8.78 Å². The molecule has 0 unspecified atom stereocenters. The van der Waals surface area contributed by atoms with Crippen LogP contribution < -0.4 is 5.73 Å². The van der Waals surface area contributed by atoms with Crippen molar-refractivity contribution in [2.45, 2.75) is 16.2 Å². The van der Waals surface area contributed by atoms with Crippen LogP contribution in [0, 0.1) is 11.6 Å². The summed E-state index contributed by atoms with van der Waals surface area (Å²) in [7, 11) is 0. The van der Waals surface area contributed by atoms with Crippen molar-refractivity contribution in [1.29, 1.82) is 0 Å². The van der Waals surface area contributed by atoms with E-state index in [4.69, 9.17) is 5.73 Å². The Balaban J connectivity index is 2.05. The third-order valence-corrected chi connectivity index (χ3v) is 4.47. The molecule has 0 bridgehead atoms. The highest BCUT2D eigenvalue weighted by Crippen LogP contribution is 2.37. The molecule has 0 spiro atoms. The molecule has 0 saturated heterocycles. The highest BCUT2D eigenvalue weighted by molar-refractivity contribution is 7.99. The van der Waals surface area contributed by atoms with Gasteiger partial charge >= 0.3 is 0 Å². The molecule has 0 radical (unpaired) electrons. The quantitative estimate of drug-likeness (QED) is 0.762. The van der Waals surface area contributed by atoms with E-state index in [1.807, 2.05) is 24.3 Å². The molecular weight excluding hydrogens is 290 g/mol. The van der Waals surface area contributed by atoms with Crippen molar-refractivity contribution < 1.29 is 8.78 Å². The van der Waals surface area contributed by atoms with E-state index in [-0.39, 0.29) is 0 Å². The molecule has 0 saturated carbocycles. The van der Waals surface area contributed by atoms with Gasteiger partial charge in [-0.1, -0.05) is 30.0 Å². The summed E-state index contributed by atoms with van der Waals surface area (Å²) in [4.78, 5) is 4.66. The lowest BCUT2D eigenvalue weighted by molar-refractivity contribution is 0.516. The molecular formula is C16H14F2N2S. The van der Waals surface area contributed by atoms with Crippen molar-refractivity contribution in [1.82, 2.24) is 4.98 Å². The molecule has 1 heterocycles. The summed E-state index contributed by atoms with van der Waals surface area (Å²) in [5, 5.41) is 0.294. The van der Waals surface area contributed by atoms with Crippen LogP contribution in [0.2, 0.25) is 0 Å². The van der Waals surface area contributed by atoms with Crippen molar-refractivity contribution in [3.63, 3.8) is 0 Å². The molecule has 0 fully saturated rings. The molecule has 3 aromatic rings. The molecule has 3 N–H and O–H groups in total. The molecule has 5 heteroatoms. The van der Waals surface area contributed by atoms with E-state index in [2.05, 4.69) is 4.98 Å². The van der Waals surface area contributed by atoms with Gasteiger partial charge in [-0.25, -0.2) is 8.78 Å².